The van der Waals surface area contributed by atoms with Crippen molar-refractivity contribution < 1.29 is 9.53 Å². The van der Waals surface area contributed by atoms with Crippen molar-refractivity contribution in [2.45, 2.75) is 44.8 Å². The molecule has 1 aliphatic heterocycles. The van der Waals surface area contributed by atoms with Crippen molar-refractivity contribution in [3.8, 4) is 6.07 Å². The van der Waals surface area contributed by atoms with Gasteiger partial charge in [-0.25, -0.2) is 4.79 Å². The first-order chi connectivity index (χ1) is 11.3. The highest BCUT2D eigenvalue weighted by Crippen LogP contribution is 2.35. The maximum Gasteiger partial charge on any atom is 0.410 e. The minimum absolute atomic E-state index is 0.261. The van der Waals surface area contributed by atoms with E-state index in [9.17, 15) is 10.1 Å². The van der Waals surface area contributed by atoms with Gasteiger partial charge in [0.25, 0.3) is 0 Å². The Hall–Kier alpha value is -2.06. The highest BCUT2D eigenvalue weighted by atomic mass is 16.6. The van der Waals surface area contributed by atoms with Crippen LogP contribution in [0.4, 0.5) is 4.79 Å². The van der Waals surface area contributed by atoms with Crippen molar-refractivity contribution in [3.05, 3.63) is 35.4 Å². The number of piperazine rings is 1. The molecule has 5 heteroatoms. The summed E-state index contributed by atoms with van der Waals surface area (Å²) < 4.78 is 5.44. The fourth-order valence-electron chi connectivity index (χ4n) is 3.61. The molecule has 1 aliphatic carbocycles. The van der Waals surface area contributed by atoms with Gasteiger partial charge in [-0.1, -0.05) is 24.3 Å². The van der Waals surface area contributed by atoms with E-state index in [1.54, 1.807) is 4.90 Å². The van der Waals surface area contributed by atoms with E-state index >= 15 is 0 Å². The Bertz CT molecular complexity index is 639. The lowest BCUT2D eigenvalue weighted by Gasteiger charge is -2.42. The van der Waals surface area contributed by atoms with Gasteiger partial charge in [0.05, 0.1) is 6.07 Å². The standard InChI is InChI=1S/C19H25N3O2/c1-18(2,3)24-17(23)21-8-10-22(11-9-21)19(14-20)12-15-6-4-5-7-16(15)13-19/h4-7H,8-13H2,1-3H3. The molecule has 0 spiro atoms. The molecule has 1 fully saturated rings. The first-order valence-electron chi connectivity index (χ1n) is 8.54. The largest absolute Gasteiger partial charge is 0.444 e. The quantitative estimate of drug-likeness (QED) is 0.795. The predicted octanol–water partition coefficient (Wildman–Crippen LogP) is 2.60. The van der Waals surface area contributed by atoms with Crippen LogP contribution in [0.3, 0.4) is 0 Å². The van der Waals surface area contributed by atoms with E-state index in [0.29, 0.717) is 26.2 Å². The highest BCUT2D eigenvalue weighted by Gasteiger charge is 2.44. The summed E-state index contributed by atoms with van der Waals surface area (Å²) in [5.41, 5.74) is 1.60. The van der Waals surface area contributed by atoms with Gasteiger partial charge in [0.1, 0.15) is 11.1 Å². The predicted molar refractivity (Wildman–Crippen MR) is 91.6 cm³/mol. The number of carbonyl (C=O) groups is 1. The zero-order valence-corrected chi connectivity index (χ0v) is 14.7. The van der Waals surface area contributed by atoms with Crippen molar-refractivity contribution in [2.24, 2.45) is 0 Å². The molecular weight excluding hydrogens is 302 g/mol. The summed E-state index contributed by atoms with van der Waals surface area (Å²) in [7, 11) is 0. The number of amides is 1. The topological polar surface area (TPSA) is 56.6 Å². The van der Waals surface area contributed by atoms with Crippen LogP contribution in [0.2, 0.25) is 0 Å². The number of fused-ring (bicyclic) bond motifs is 1. The number of rotatable bonds is 1. The van der Waals surface area contributed by atoms with Crippen LogP contribution in [0.25, 0.3) is 0 Å². The molecule has 24 heavy (non-hydrogen) atoms. The van der Waals surface area contributed by atoms with Crippen LogP contribution in [0.15, 0.2) is 24.3 Å². The molecule has 1 amide bonds. The number of nitriles is 1. The van der Waals surface area contributed by atoms with Gasteiger partial charge in [0.15, 0.2) is 0 Å². The van der Waals surface area contributed by atoms with Crippen molar-refractivity contribution in [2.75, 3.05) is 26.2 Å². The van der Waals surface area contributed by atoms with Crippen molar-refractivity contribution in [1.82, 2.24) is 9.80 Å². The monoisotopic (exact) mass is 327 g/mol. The normalized spacial score (nSPS) is 20.3. The van der Waals surface area contributed by atoms with Crippen LogP contribution in [-0.2, 0) is 17.6 Å². The molecule has 2 aliphatic rings. The number of benzene rings is 1. The van der Waals surface area contributed by atoms with Crippen LogP contribution in [0, 0.1) is 11.3 Å². The average Bonchev–Trinajstić information content (AvgIpc) is 2.93. The van der Waals surface area contributed by atoms with Gasteiger partial charge in [-0.3, -0.25) is 4.90 Å². The van der Waals surface area contributed by atoms with Gasteiger partial charge in [0.2, 0.25) is 0 Å². The van der Waals surface area contributed by atoms with Gasteiger partial charge in [-0.2, -0.15) is 5.26 Å². The van der Waals surface area contributed by atoms with E-state index in [-0.39, 0.29) is 6.09 Å². The molecule has 1 aromatic rings. The summed E-state index contributed by atoms with van der Waals surface area (Å²) in [5.74, 6) is 0. The maximum absolute atomic E-state index is 12.2. The summed E-state index contributed by atoms with van der Waals surface area (Å²) in [4.78, 5) is 16.2. The van der Waals surface area contributed by atoms with Gasteiger partial charge in [-0.15, -0.1) is 0 Å². The molecule has 0 bridgehead atoms. The van der Waals surface area contributed by atoms with Crippen LogP contribution < -0.4 is 0 Å². The second-order valence-electron chi connectivity index (χ2n) is 7.72. The van der Waals surface area contributed by atoms with E-state index in [1.807, 2.05) is 32.9 Å². The summed E-state index contributed by atoms with van der Waals surface area (Å²) in [6.07, 6.45) is 1.28. The smallest absolute Gasteiger partial charge is 0.410 e. The lowest BCUT2D eigenvalue weighted by Crippen LogP contribution is -2.58. The molecule has 1 saturated heterocycles. The van der Waals surface area contributed by atoms with E-state index in [0.717, 1.165) is 12.8 Å². The first-order valence-corrected chi connectivity index (χ1v) is 8.54. The fraction of sp³-hybridized carbons (Fsp3) is 0.579. The number of hydrogen-bond donors (Lipinski definition) is 0. The van der Waals surface area contributed by atoms with Gasteiger partial charge in [-0.05, 0) is 31.9 Å². The van der Waals surface area contributed by atoms with E-state index in [2.05, 4.69) is 23.1 Å². The number of hydrogen-bond acceptors (Lipinski definition) is 4. The molecule has 3 rings (SSSR count). The van der Waals surface area contributed by atoms with E-state index in [4.69, 9.17) is 4.74 Å². The molecule has 0 atom stereocenters. The van der Waals surface area contributed by atoms with Crippen LogP contribution in [0.1, 0.15) is 31.9 Å². The highest BCUT2D eigenvalue weighted by molar-refractivity contribution is 5.68. The van der Waals surface area contributed by atoms with Gasteiger partial charge in [0, 0.05) is 39.0 Å². The van der Waals surface area contributed by atoms with Crippen LogP contribution in [-0.4, -0.2) is 53.2 Å². The Morgan fingerprint density at radius 1 is 1.12 bits per heavy atom. The summed E-state index contributed by atoms with van der Waals surface area (Å²) >= 11 is 0. The third-order valence-electron chi connectivity index (χ3n) is 4.83. The van der Waals surface area contributed by atoms with E-state index in [1.165, 1.54) is 11.1 Å². The number of nitrogens with zero attached hydrogens (tertiary/aromatic N) is 3. The lowest BCUT2D eigenvalue weighted by atomic mass is 9.94. The van der Waals surface area contributed by atoms with Crippen molar-refractivity contribution in [1.29, 1.82) is 5.26 Å². The van der Waals surface area contributed by atoms with Crippen LogP contribution in [0.5, 0.6) is 0 Å². The second kappa shape index (κ2) is 6.10. The molecular formula is C19H25N3O2. The zero-order valence-electron chi connectivity index (χ0n) is 14.7. The Morgan fingerprint density at radius 3 is 2.12 bits per heavy atom. The first kappa shape index (κ1) is 16.8. The Labute approximate surface area is 143 Å². The van der Waals surface area contributed by atoms with E-state index < -0.39 is 11.1 Å². The molecule has 1 aromatic carbocycles. The Kier molecular flexibility index (Phi) is 4.27. The number of ether oxygens (including phenoxy) is 1. The lowest BCUT2D eigenvalue weighted by molar-refractivity contribution is 0.00542. The molecule has 0 radical (unpaired) electrons. The Morgan fingerprint density at radius 2 is 1.67 bits per heavy atom. The molecule has 0 aromatic heterocycles. The third-order valence-corrected chi connectivity index (χ3v) is 4.83. The van der Waals surface area contributed by atoms with Crippen molar-refractivity contribution in [3.63, 3.8) is 0 Å². The molecule has 5 nitrogen and oxygen atoms in total. The molecule has 128 valence electrons. The average molecular weight is 327 g/mol. The maximum atomic E-state index is 12.2. The fourth-order valence-corrected chi connectivity index (χ4v) is 3.61. The van der Waals surface area contributed by atoms with Crippen LogP contribution >= 0.6 is 0 Å². The summed E-state index contributed by atoms with van der Waals surface area (Å²) in [5, 5.41) is 9.87. The van der Waals surface area contributed by atoms with Crippen molar-refractivity contribution >= 4 is 6.09 Å². The third kappa shape index (κ3) is 3.25. The summed E-state index contributed by atoms with van der Waals surface area (Å²) in [6.45, 7) is 8.26. The zero-order chi connectivity index (χ0) is 17.4. The summed E-state index contributed by atoms with van der Waals surface area (Å²) in [6, 6.07) is 10.9. The number of carbonyl (C=O) groups excluding carboxylic acids is 1. The molecule has 0 unspecified atom stereocenters. The molecule has 1 heterocycles. The minimum Gasteiger partial charge on any atom is -0.444 e. The Balaban J connectivity index is 1.65. The second-order valence-corrected chi connectivity index (χ2v) is 7.72. The molecule has 0 N–H and O–H groups in total. The minimum atomic E-state index is -0.477. The van der Waals surface area contributed by atoms with Gasteiger partial charge >= 0.3 is 6.09 Å². The SMILES string of the molecule is CC(C)(C)OC(=O)N1CCN(C2(C#N)Cc3ccccc3C2)CC1. The molecule has 0 saturated carbocycles. The van der Waals surface area contributed by atoms with Gasteiger partial charge < -0.3 is 9.64 Å².